The molecule has 1 aromatic carbocycles. The Hall–Kier alpha value is -1.82. The Balaban J connectivity index is 1.67. The maximum Gasteiger partial charge on any atom is 0.239 e. The van der Waals surface area contributed by atoms with Crippen molar-refractivity contribution >= 4 is 34.6 Å². The van der Waals surface area contributed by atoms with Gasteiger partial charge in [-0.1, -0.05) is 17.8 Å². The number of nitrogens with one attached hydrogen (secondary N) is 1. The van der Waals surface area contributed by atoms with E-state index in [1.54, 1.807) is 0 Å². The van der Waals surface area contributed by atoms with Crippen molar-refractivity contribution in [2.45, 2.75) is 24.9 Å². The average molecular weight is 289 g/mol. The number of aromatic amines is 1. The van der Waals surface area contributed by atoms with Gasteiger partial charge in [-0.3, -0.25) is 14.5 Å². The highest BCUT2D eigenvalue weighted by Gasteiger charge is 2.26. The van der Waals surface area contributed by atoms with Gasteiger partial charge >= 0.3 is 0 Å². The number of carbonyl (C=O) groups is 2. The summed E-state index contributed by atoms with van der Waals surface area (Å²) in [5.74, 6) is 0.0508. The first-order chi connectivity index (χ1) is 9.63. The van der Waals surface area contributed by atoms with Crippen LogP contribution in [0.5, 0.6) is 0 Å². The number of amides is 2. The molecule has 3 rings (SSSR count). The highest BCUT2D eigenvalue weighted by Crippen LogP contribution is 2.21. The topological polar surface area (TPSA) is 66.1 Å². The van der Waals surface area contributed by atoms with Crippen molar-refractivity contribution in [1.29, 1.82) is 0 Å². The molecule has 2 aromatic rings. The van der Waals surface area contributed by atoms with E-state index < -0.39 is 0 Å². The van der Waals surface area contributed by atoms with Crippen LogP contribution < -0.4 is 0 Å². The predicted molar refractivity (Wildman–Crippen MR) is 77.5 cm³/mol. The zero-order valence-corrected chi connectivity index (χ0v) is 12.0. The van der Waals surface area contributed by atoms with Gasteiger partial charge in [-0.05, 0) is 31.0 Å². The van der Waals surface area contributed by atoms with Crippen molar-refractivity contribution in [1.82, 2.24) is 14.9 Å². The Kier molecular flexibility index (Phi) is 3.48. The van der Waals surface area contributed by atoms with Gasteiger partial charge in [0.25, 0.3) is 0 Å². The SMILES string of the molecule is Cc1ccc2nc(SCC(=O)N3CCCC3=O)[nH]c2c1. The van der Waals surface area contributed by atoms with Crippen LogP contribution >= 0.6 is 11.8 Å². The van der Waals surface area contributed by atoms with Gasteiger partial charge in [0.05, 0.1) is 16.8 Å². The van der Waals surface area contributed by atoms with Gasteiger partial charge in [-0.25, -0.2) is 4.98 Å². The third kappa shape index (κ3) is 2.56. The molecule has 6 heteroatoms. The molecule has 0 unspecified atom stereocenters. The first-order valence-electron chi connectivity index (χ1n) is 6.56. The number of rotatable bonds is 3. The van der Waals surface area contributed by atoms with Gasteiger partial charge in [0.1, 0.15) is 0 Å². The van der Waals surface area contributed by atoms with Gasteiger partial charge in [-0.15, -0.1) is 0 Å². The smallest absolute Gasteiger partial charge is 0.239 e. The zero-order chi connectivity index (χ0) is 14.1. The van der Waals surface area contributed by atoms with Gasteiger partial charge < -0.3 is 4.98 Å². The molecule has 2 heterocycles. The van der Waals surface area contributed by atoms with Gasteiger partial charge in [0, 0.05) is 13.0 Å². The maximum atomic E-state index is 11.9. The highest BCUT2D eigenvalue weighted by atomic mass is 32.2. The van der Waals surface area contributed by atoms with E-state index in [9.17, 15) is 9.59 Å². The van der Waals surface area contributed by atoms with E-state index in [2.05, 4.69) is 9.97 Å². The summed E-state index contributed by atoms with van der Waals surface area (Å²) >= 11 is 1.34. The standard InChI is InChI=1S/C14H15N3O2S/c1-9-4-5-10-11(7-9)16-14(15-10)20-8-13(19)17-6-2-3-12(17)18/h4-5,7H,2-3,6,8H2,1H3,(H,15,16). The van der Waals surface area contributed by atoms with E-state index in [1.165, 1.54) is 16.7 Å². The number of imide groups is 1. The maximum absolute atomic E-state index is 11.9. The van der Waals surface area contributed by atoms with E-state index in [0.717, 1.165) is 23.0 Å². The Morgan fingerprint density at radius 3 is 3.10 bits per heavy atom. The van der Waals surface area contributed by atoms with Crippen LogP contribution in [0.25, 0.3) is 11.0 Å². The minimum Gasteiger partial charge on any atom is -0.333 e. The number of thioether (sulfide) groups is 1. The van der Waals surface area contributed by atoms with E-state index in [0.29, 0.717) is 18.1 Å². The molecular weight excluding hydrogens is 274 g/mol. The Morgan fingerprint density at radius 2 is 2.35 bits per heavy atom. The Labute approximate surface area is 120 Å². The van der Waals surface area contributed by atoms with Crippen LogP contribution in [-0.4, -0.2) is 39.0 Å². The summed E-state index contributed by atoms with van der Waals surface area (Å²) in [4.78, 5) is 32.4. The van der Waals surface area contributed by atoms with E-state index in [-0.39, 0.29) is 17.6 Å². The molecule has 0 bridgehead atoms. The third-order valence-electron chi connectivity index (χ3n) is 3.32. The van der Waals surface area contributed by atoms with Crippen LogP contribution in [0, 0.1) is 6.92 Å². The third-order valence-corrected chi connectivity index (χ3v) is 4.18. The average Bonchev–Trinajstić information content (AvgIpc) is 3.01. The van der Waals surface area contributed by atoms with E-state index in [4.69, 9.17) is 0 Å². The van der Waals surface area contributed by atoms with Gasteiger partial charge in [0.15, 0.2) is 5.16 Å². The molecule has 1 aliphatic rings. The number of hydrogen-bond donors (Lipinski definition) is 1. The fraction of sp³-hybridized carbons (Fsp3) is 0.357. The number of nitrogens with zero attached hydrogens (tertiary/aromatic N) is 2. The molecular formula is C14H15N3O2S. The molecule has 2 amide bonds. The lowest BCUT2D eigenvalue weighted by Gasteiger charge is -2.12. The summed E-state index contributed by atoms with van der Waals surface area (Å²) in [6.07, 6.45) is 1.26. The number of carbonyl (C=O) groups excluding carboxylic acids is 2. The molecule has 1 fully saturated rings. The first kappa shape index (κ1) is 13.2. The van der Waals surface area contributed by atoms with Crippen LogP contribution in [0.15, 0.2) is 23.4 Å². The second-order valence-corrected chi connectivity index (χ2v) is 5.86. The van der Waals surface area contributed by atoms with Crippen molar-refractivity contribution in [3.63, 3.8) is 0 Å². The number of aromatic nitrogens is 2. The summed E-state index contributed by atoms with van der Waals surface area (Å²) < 4.78 is 0. The van der Waals surface area contributed by atoms with Crippen molar-refractivity contribution < 1.29 is 9.59 Å². The van der Waals surface area contributed by atoms with Crippen molar-refractivity contribution in [2.24, 2.45) is 0 Å². The minimum absolute atomic E-state index is 0.0594. The fourth-order valence-corrected chi connectivity index (χ4v) is 3.05. The fourth-order valence-electron chi connectivity index (χ4n) is 2.29. The molecule has 0 spiro atoms. The lowest BCUT2D eigenvalue weighted by atomic mass is 10.2. The van der Waals surface area contributed by atoms with Gasteiger partial charge in [-0.2, -0.15) is 0 Å². The quantitative estimate of drug-likeness (QED) is 0.879. The molecule has 0 aliphatic carbocycles. The van der Waals surface area contributed by atoms with Crippen LogP contribution in [0.3, 0.4) is 0 Å². The molecule has 1 aliphatic heterocycles. The number of fused-ring (bicyclic) bond motifs is 1. The minimum atomic E-state index is -0.130. The number of H-pyrrole nitrogens is 1. The van der Waals surface area contributed by atoms with E-state index in [1.807, 2.05) is 25.1 Å². The van der Waals surface area contributed by atoms with Gasteiger partial charge in [0.2, 0.25) is 11.8 Å². The van der Waals surface area contributed by atoms with Crippen LogP contribution in [0.2, 0.25) is 0 Å². The second-order valence-electron chi connectivity index (χ2n) is 4.89. The number of likely N-dealkylation sites (tertiary alicyclic amines) is 1. The first-order valence-corrected chi connectivity index (χ1v) is 7.54. The van der Waals surface area contributed by atoms with Crippen molar-refractivity contribution in [3.05, 3.63) is 23.8 Å². The normalized spacial score (nSPS) is 15.2. The monoisotopic (exact) mass is 289 g/mol. The van der Waals surface area contributed by atoms with E-state index >= 15 is 0 Å². The van der Waals surface area contributed by atoms with Crippen LogP contribution in [0.1, 0.15) is 18.4 Å². The molecule has 104 valence electrons. The van der Waals surface area contributed by atoms with Crippen molar-refractivity contribution in [3.8, 4) is 0 Å². The van der Waals surface area contributed by atoms with Crippen LogP contribution in [0.4, 0.5) is 0 Å². The summed E-state index contributed by atoms with van der Waals surface area (Å²) in [5.41, 5.74) is 3.02. The molecule has 0 atom stereocenters. The summed E-state index contributed by atoms with van der Waals surface area (Å²) in [6, 6.07) is 5.99. The highest BCUT2D eigenvalue weighted by molar-refractivity contribution is 7.99. The summed E-state index contributed by atoms with van der Waals surface area (Å²) in [7, 11) is 0. The lowest BCUT2D eigenvalue weighted by Crippen LogP contribution is -2.33. The Morgan fingerprint density at radius 1 is 1.50 bits per heavy atom. The molecule has 0 saturated carbocycles. The molecule has 1 N–H and O–H groups in total. The predicted octanol–water partition coefficient (Wildman–Crippen LogP) is 2.11. The summed E-state index contributed by atoms with van der Waals surface area (Å²) in [6.45, 7) is 2.58. The molecule has 1 aromatic heterocycles. The number of imidazole rings is 1. The largest absolute Gasteiger partial charge is 0.333 e. The zero-order valence-electron chi connectivity index (χ0n) is 11.2. The molecule has 1 saturated heterocycles. The van der Waals surface area contributed by atoms with Crippen LogP contribution in [-0.2, 0) is 9.59 Å². The number of benzene rings is 1. The second kappa shape index (κ2) is 5.28. The molecule has 20 heavy (non-hydrogen) atoms. The summed E-state index contributed by atoms with van der Waals surface area (Å²) in [5, 5.41) is 0.714. The molecule has 5 nitrogen and oxygen atoms in total. The number of aryl methyl sites for hydroxylation is 1. The van der Waals surface area contributed by atoms with Crippen molar-refractivity contribution in [2.75, 3.05) is 12.3 Å². The lowest BCUT2D eigenvalue weighted by molar-refractivity contribution is -0.140. The number of hydrogen-bond acceptors (Lipinski definition) is 4. The Bertz CT molecular complexity index is 680. The molecule has 0 radical (unpaired) electrons.